The molecule has 1 amide bonds. The van der Waals surface area contributed by atoms with E-state index in [9.17, 15) is 9.18 Å². The molecule has 0 fully saturated rings. The van der Waals surface area contributed by atoms with Crippen LogP contribution in [0.25, 0.3) is 11.3 Å². The summed E-state index contributed by atoms with van der Waals surface area (Å²) in [7, 11) is 0. The summed E-state index contributed by atoms with van der Waals surface area (Å²) in [6.45, 7) is 2.28. The second kappa shape index (κ2) is 8.43. The maximum absolute atomic E-state index is 13.1. The van der Waals surface area contributed by atoms with Crippen LogP contribution in [0.1, 0.15) is 23.6 Å². The predicted octanol–water partition coefficient (Wildman–Crippen LogP) is 4.08. The molecule has 0 bridgehead atoms. The summed E-state index contributed by atoms with van der Waals surface area (Å²) in [4.78, 5) is 16.4. The Hall–Kier alpha value is -2.95. The van der Waals surface area contributed by atoms with Gasteiger partial charge in [-0.1, -0.05) is 42.5 Å². The Kier molecular flexibility index (Phi) is 5.79. The van der Waals surface area contributed by atoms with Gasteiger partial charge in [-0.15, -0.1) is 0 Å². The Labute approximate surface area is 152 Å². The molecule has 0 aliphatic rings. The Morgan fingerprint density at radius 2 is 1.92 bits per heavy atom. The second-order valence-corrected chi connectivity index (χ2v) is 6.10. The number of carbonyl (C=O) groups excluding carboxylic acids is 1. The van der Waals surface area contributed by atoms with E-state index in [1.54, 1.807) is 6.07 Å². The van der Waals surface area contributed by atoms with Gasteiger partial charge < -0.3 is 9.73 Å². The molecule has 0 spiro atoms. The molecule has 1 N–H and O–H groups in total. The lowest BCUT2D eigenvalue weighted by Crippen LogP contribution is -2.25. The largest absolute Gasteiger partial charge is 0.445 e. The minimum Gasteiger partial charge on any atom is -0.445 e. The fraction of sp³-hybridized carbons (Fsp3) is 0.238. The van der Waals surface area contributed by atoms with Crippen LogP contribution in [0.5, 0.6) is 0 Å². The molecule has 3 aromatic rings. The molecule has 134 valence electrons. The van der Waals surface area contributed by atoms with Crippen molar-refractivity contribution >= 4 is 5.91 Å². The highest BCUT2D eigenvalue weighted by molar-refractivity contribution is 5.76. The summed E-state index contributed by atoms with van der Waals surface area (Å²) in [6, 6.07) is 16.2. The molecule has 0 radical (unpaired) electrons. The van der Waals surface area contributed by atoms with Gasteiger partial charge in [0.05, 0.1) is 0 Å². The molecule has 0 aliphatic heterocycles. The van der Waals surface area contributed by atoms with Gasteiger partial charge in [0, 0.05) is 31.9 Å². The lowest BCUT2D eigenvalue weighted by molar-refractivity contribution is -0.121. The van der Waals surface area contributed by atoms with Crippen LogP contribution in [0.3, 0.4) is 0 Å². The summed E-state index contributed by atoms with van der Waals surface area (Å²) in [5.41, 5.74) is 2.63. The molecular formula is C21H21FN2O2. The van der Waals surface area contributed by atoms with Crippen LogP contribution in [0.2, 0.25) is 0 Å². The number of nitrogens with one attached hydrogen (secondary N) is 1. The number of hydrogen-bond donors (Lipinski definition) is 1. The summed E-state index contributed by atoms with van der Waals surface area (Å²) in [5.74, 6) is 1.03. The average molecular weight is 352 g/mol. The quantitative estimate of drug-likeness (QED) is 0.697. The van der Waals surface area contributed by atoms with Crippen molar-refractivity contribution in [1.82, 2.24) is 10.3 Å². The molecule has 0 atom stereocenters. The van der Waals surface area contributed by atoms with Crippen LogP contribution >= 0.6 is 0 Å². The van der Waals surface area contributed by atoms with E-state index < -0.39 is 0 Å². The van der Waals surface area contributed by atoms with Gasteiger partial charge in [0.2, 0.25) is 5.91 Å². The summed E-state index contributed by atoms with van der Waals surface area (Å²) >= 11 is 0. The van der Waals surface area contributed by atoms with Gasteiger partial charge in [0.15, 0.2) is 5.89 Å². The standard InChI is InChI=1S/C21H21FN2O2/c1-15-24-21(17-7-3-2-4-8-17)19(26-15)12-13-23-20(25)11-10-16-6-5-9-18(22)14-16/h2-9,14H,10-13H2,1H3,(H,23,25). The van der Waals surface area contributed by atoms with Crippen LogP contribution in [0, 0.1) is 12.7 Å². The number of benzene rings is 2. The topological polar surface area (TPSA) is 55.1 Å². The molecule has 5 heteroatoms. The first-order chi connectivity index (χ1) is 12.6. The zero-order valence-corrected chi connectivity index (χ0v) is 14.7. The van der Waals surface area contributed by atoms with E-state index >= 15 is 0 Å². The van der Waals surface area contributed by atoms with E-state index in [-0.39, 0.29) is 11.7 Å². The lowest BCUT2D eigenvalue weighted by atomic mass is 10.1. The lowest BCUT2D eigenvalue weighted by Gasteiger charge is -2.05. The van der Waals surface area contributed by atoms with Crippen molar-refractivity contribution in [3.63, 3.8) is 0 Å². The van der Waals surface area contributed by atoms with E-state index in [1.807, 2.05) is 43.3 Å². The number of rotatable bonds is 7. The predicted molar refractivity (Wildman–Crippen MR) is 98.1 cm³/mol. The van der Waals surface area contributed by atoms with Gasteiger partial charge in [-0.25, -0.2) is 9.37 Å². The molecule has 0 saturated carbocycles. The van der Waals surface area contributed by atoms with Crippen LogP contribution in [0.15, 0.2) is 59.0 Å². The Bertz CT molecular complexity index is 875. The molecule has 4 nitrogen and oxygen atoms in total. The van der Waals surface area contributed by atoms with Crippen molar-refractivity contribution in [2.24, 2.45) is 0 Å². The average Bonchev–Trinajstić information content (AvgIpc) is 3.01. The normalized spacial score (nSPS) is 10.7. The monoisotopic (exact) mass is 352 g/mol. The van der Waals surface area contributed by atoms with Crippen LogP contribution in [-0.2, 0) is 17.6 Å². The number of aryl methyl sites for hydroxylation is 2. The number of carbonyl (C=O) groups is 1. The molecule has 0 aliphatic carbocycles. The van der Waals surface area contributed by atoms with Crippen molar-refractivity contribution < 1.29 is 13.6 Å². The summed E-state index contributed by atoms with van der Waals surface area (Å²) < 4.78 is 18.8. The highest BCUT2D eigenvalue weighted by atomic mass is 19.1. The molecule has 2 aromatic carbocycles. The van der Waals surface area contributed by atoms with Gasteiger partial charge in [0.25, 0.3) is 0 Å². The fourth-order valence-electron chi connectivity index (χ4n) is 2.81. The van der Waals surface area contributed by atoms with Gasteiger partial charge in [-0.2, -0.15) is 0 Å². The number of nitrogens with zero attached hydrogens (tertiary/aromatic N) is 1. The Morgan fingerprint density at radius 1 is 1.12 bits per heavy atom. The first-order valence-electron chi connectivity index (χ1n) is 8.64. The van der Waals surface area contributed by atoms with E-state index in [0.29, 0.717) is 31.7 Å². The van der Waals surface area contributed by atoms with Gasteiger partial charge in [0.1, 0.15) is 17.3 Å². The molecule has 1 heterocycles. The Balaban J connectivity index is 1.51. The highest BCUT2D eigenvalue weighted by Gasteiger charge is 2.13. The molecule has 26 heavy (non-hydrogen) atoms. The number of oxazole rings is 1. The first-order valence-corrected chi connectivity index (χ1v) is 8.64. The van der Waals surface area contributed by atoms with Gasteiger partial charge in [-0.05, 0) is 24.1 Å². The highest BCUT2D eigenvalue weighted by Crippen LogP contribution is 2.23. The number of halogens is 1. The molecule has 1 aromatic heterocycles. The first kappa shape index (κ1) is 17.9. The molecule has 0 unspecified atom stereocenters. The van der Waals surface area contributed by atoms with E-state index in [2.05, 4.69) is 10.3 Å². The third-order valence-electron chi connectivity index (χ3n) is 4.06. The SMILES string of the molecule is Cc1nc(-c2ccccc2)c(CCNC(=O)CCc2cccc(F)c2)o1. The van der Waals surface area contributed by atoms with Crippen molar-refractivity contribution in [3.8, 4) is 11.3 Å². The fourth-order valence-corrected chi connectivity index (χ4v) is 2.81. The number of aromatic nitrogens is 1. The van der Waals surface area contributed by atoms with Crippen molar-refractivity contribution in [3.05, 3.63) is 77.6 Å². The van der Waals surface area contributed by atoms with Crippen LogP contribution in [-0.4, -0.2) is 17.4 Å². The minimum absolute atomic E-state index is 0.0632. The van der Waals surface area contributed by atoms with E-state index in [1.165, 1.54) is 12.1 Å². The van der Waals surface area contributed by atoms with Gasteiger partial charge in [-0.3, -0.25) is 4.79 Å². The maximum atomic E-state index is 13.1. The second-order valence-electron chi connectivity index (χ2n) is 6.10. The summed E-state index contributed by atoms with van der Waals surface area (Å²) in [5, 5.41) is 2.88. The van der Waals surface area contributed by atoms with E-state index in [4.69, 9.17) is 4.42 Å². The number of amides is 1. The zero-order valence-electron chi connectivity index (χ0n) is 14.7. The third kappa shape index (κ3) is 4.79. The van der Waals surface area contributed by atoms with Crippen molar-refractivity contribution in [2.45, 2.75) is 26.2 Å². The van der Waals surface area contributed by atoms with Crippen LogP contribution < -0.4 is 5.32 Å². The van der Waals surface area contributed by atoms with E-state index in [0.717, 1.165) is 22.6 Å². The number of hydrogen-bond acceptors (Lipinski definition) is 3. The van der Waals surface area contributed by atoms with Crippen LogP contribution in [0.4, 0.5) is 4.39 Å². The van der Waals surface area contributed by atoms with Crippen molar-refractivity contribution in [1.29, 1.82) is 0 Å². The maximum Gasteiger partial charge on any atom is 0.220 e. The van der Waals surface area contributed by atoms with Crippen molar-refractivity contribution in [2.75, 3.05) is 6.54 Å². The summed E-state index contributed by atoms with van der Waals surface area (Å²) in [6.07, 6.45) is 1.40. The Morgan fingerprint density at radius 3 is 2.69 bits per heavy atom. The zero-order chi connectivity index (χ0) is 18.4. The third-order valence-corrected chi connectivity index (χ3v) is 4.06. The smallest absolute Gasteiger partial charge is 0.220 e. The molecular weight excluding hydrogens is 331 g/mol. The van der Waals surface area contributed by atoms with Gasteiger partial charge >= 0.3 is 0 Å². The molecule has 0 saturated heterocycles. The molecule has 3 rings (SSSR count). The minimum atomic E-state index is -0.281.